The molecule has 20 heavy (non-hydrogen) atoms. The highest BCUT2D eigenvalue weighted by Crippen LogP contribution is 2.15. The smallest absolute Gasteiger partial charge is 0.118 e. The van der Waals surface area contributed by atoms with Crippen molar-refractivity contribution in [1.29, 1.82) is 0 Å². The fourth-order valence-corrected chi connectivity index (χ4v) is 2.73. The van der Waals surface area contributed by atoms with Gasteiger partial charge in [0.15, 0.2) is 0 Å². The SMILES string of the molecule is COc1ccc(/C=C/CN(C)CC2CCCN2C)cc1. The number of methoxy groups -OCH3 is 1. The van der Waals surface area contributed by atoms with Crippen molar-refractivity contribution in [2.75, 3.05) is 40.8 Å². The van der Waals surface area contributed by atoms with Gasteiger partial charge in [-0.15, -0.1) is 0 Å². The van der Waals surface area contributed by atoms with Gasteiger partial charge in [-0.25, -0.2) is 0 Å². The Morgan fingerprint density at radius 3 is 2.70 bits per heavy atom. The standard InChI is InChI=1S/C17H26N2O/c1-18(14-16-7-5-13-19(16)2)12-4-6-15-8-10-17(20-3)11-9-15/h4,6,8-11,16H,5,7,12-14H2,1-3H3/b6-4+. The molecule has 1 unspecified atom stereocenters. The van der Waals surface area contributed by atoms with Gasteiger partial charge in [-0.3, -0.25) is 0 Å². The molecule has 3 heteroatoms. The fourth-order valence-electron chi connectivity index (χ4n) is 2.73. The zero-order chi connectivity index (χ0) is 14.4. The lowest BCUT2D eigenvalue weighted by molar-refractivity contribution is 0.232. The summed E-state index contributed by atoms with van der Waals surface area (Å²) in [5.41, 5.74) is 1.22. The van der Waals surface area contributed by atoms with Gasteiger partial charge in [0.1, 0.15) is 5.75 Å². The Morgan fingerprint density at radius 2 is 2.10 bits per heavy atom. The number of ether oxygens (including phenoxy) is 1. The molecule has 1 aliphatic rings. The molecule has 1 aromatic carbocycles. The number of hydrogen-bond acceptors (Lipinski definition) is 3. The van der Waals surface area contributed by atoms with E-state index in [-0.39, 0.29) is 0 Å². The van der Waals surface area contributed by atoms with Crippen molar-refractivity contribution in [3.05, 3.63) is 35.9 Å². The molecule has 0 saturated carbocycles. The van der Waals surface area contributed by atoms with Gasteiger partial charge in [-0.2, -0.15) is 0 Å². The molecule has 0 amide bonds. The third-order valence-electron chi connectivity index (χ3n) is 4.04. The molecule has 1 aliphatic heterocycles. The van der Waals surface area contributed by atoms with Crippen LogP contribution in [0.3, 0.4) is 0 Å². The molecule has 0 N–H and O–H groups in total. The van der Waals surface area contributed by atoms with Gasteiger partial charge < -0.3 is 14.5 Å². The summed E-state index contributed by atoms with van der Waals surface area (Å²) in [6.45, 7) is 3.40. The lowest BCUT2D eigenvalue weighted by Crippen LogP contribution is -2.36. The number of rotatable bonds is 6. The molecule has 2 rings (SSSR count). The Labute approximate surface area is 122 Å². The zero-order valence-corrected chi connectivity index (χ0v) is 12.9. The average molecular weight is 274 g/mol. The summed E-state index contributed by atoms with van der Waals surface area (Å²) in [7, 11) is 6.13. The summed E-state index contributed by atoms with van der Waals surface area (Å²) in [4.78, 5) is 4.87. The summed E-state index contributed by atoms with van der Waals surface area (Å²) in [6, 6.07) is 8.89. The van der Waals surface area contributed by atoms with Gasteiger partial charge in [0, 0.05) is 19.1 Å². The van der Waals surface area contributed by atoms with Gasteiger partial charge in [-0.05, 0) is 51.2 Å². The first-order chi connectivity index (χ1) is 9.69. The van der Waals surface area contributed by atoms with Crippen LogP contribution in [-0.4, -0.2) is 56.7 Å². The van der Waals surface area contributed by atoms with E-state index in [1.807, 2.05) is 12.1 Å². The van der Waals surface area contributed by atoms with Gasteiger partial charge in [0.25, 0.3) is 0 Å². The largest absolute Gasteiger partial charge is 0.497 e. The number of hydrogen-bond donors (Lipinski definition) is 0. The Morgan fingerprint density at radius 1 is 1.35 bits per heavy atom. The second kappa shape index (κ2) is 7.46. The Bertz CT molecular complexity index is 427. The molecular weight excluding hydrogens is 248 g/mol. The van der Waals surface area contributed by atoms with Crippen LogP contribution in [-0.2, 0) is 0 Å². The highest BCUT2D eigenvalue weighted by molar-refractivity contribution is 5.50. The van der Waals surface area contributed by atoms with Gasteiger partial charge in [-0.1, -0.05) is 24.3 Å². The minimum absolute atomic E-state index is 0.731. The van der Waals surface area contributed by atoms with Crippen LogP contribution in [0.5, 0.6) is 5.75 Å². The molecule has 110 valence electrons. The van der Waals surface area contributed by atoms with E-state index in [2.05, 4.69) is 48.2 Å². The third kappa shape index (κ3) is 4.36. The molecule has 0 aliphatic carbocycles. The van der Waals surface area contributed by atoms with Crippen molar-refractivity contribution in [3.63, 3.8) is 0 Å². The molecule has 3 nitrogen and oxygen atoms in total. The van der Waals surface area contributed by atoms with Gasteiger partial charge in [0.2, 0.25) is 0 Å². The van der Waals surface area contributed by atoms with E-state index in [4.69, 9.17) is 4.74 Å². The van der Waals surface area contributed by atoms with E-state index in [0.717, 1.165) is 24.9 Å². The molecule has 1 aromatic rings. The van der Waals surface area contributed by atoms with Crippen LogP contribution in [0.4, 0.5) is 0 Å². The van der Waals surface area contributed by atoms with E-state index in [0.29, 0.717) is 0 Å². The third-order valence-corrected chi connectivity index (χ3v) is 4.04. The molecule has 0 spiro atoms. The molecule has 0 bridgehead atoms. The lowest BCUT2D eigenvalue weighted by Gasteiger charge is -2.24. The molecule has 1 saturated heterocycles. The van der Waals surface area contributed by atoms with Gasteiger partial charge >= 0.3 is 0 Å². The van der Waals surface area contributed by atoms with Crippen LogP contribution < -0.4 is 4.74 Å². The van der Waals surface area contributed by atoms with Crippen molar-refractivity contribution >= 4 is 6.08 Å². The zero-order valence-electron chi connectivity index (χ0n) is 12.9. The summed E-state index contributed by atoms with van der Waals surface area (Å²) in [5.74, 6) is 0.906. The summed E-state index contributed by atoms with van der Waals surface area (Å²) < 4.78 is 5.16. The topological polar surface area (TPSA) is 15.7 Å². The first-order valence-corrected chi connectivity index (χ1v) is 7.38. The maximum Gasteiger partial charge on any atom is 0.118 e. The van der Waals surface area contributed by atoms with Crippen molar-refractivity contribution in [2.24, 2.45) is 0 Å². The molecule has 1 atom stereocenters. The van der Waals surface area contributed by atoms with Gasteiger partial charge in [0.05, 0.1) is 7.11 Å². The molecule has 1 fully saturated rings. The van der Waals surface area contributed by atoms with E-state index in [1.165, 1.54) is 24.9 Å². The number of likely N-dealkylation sites (tertiary alicyclic amines) is 1. The highest BCUT2D eigenvalue weighted by atomic mass is 16.5. The van der Waals surface area contributed by atoms with E-state index >= 15 is 0 Å². The van der Waals surface area contributed by atoms with Crippen LogP contribution >= 0.6 is 0 Å². The summed E-state index contributed by atoms with van der Waals surface area (Å²) in [5, 5.41) is 0. The predicted octanol–water partition coefficient (Wildman–Crippen LogP) is 2.73. The van der Waals surface area contributed by atoms with Crippen molar-refractivity contribution in [2.45, 2.75) is 18.9 Å². The van der Waals surface area contributed by atoms with Crippen molar-refractivity contribution in [1.82, 2.24) is 9.80 Å². The van der Waals surface area contributed by atoms with Crippen LogP contribution in [0.25, 0.3) is 6.08 Å². The van der Waals surface area contributed by atoms with Crippen molar-refractivity contribution in [3.8, 4) is 5.75 Å². The summed E-state index contributed by atoms with van der Waals surface area (Å²) in [6.07, 6.45) is 7.09. The summed E-state index contributed by atoms with van der Waals surface area (Å²) >= 11 is 0. The first kappa shape index (κ1) is 15.1. The number of nitrogens with zero attached hydrogens (tertiary/aromatic N) is 2. The fraction of sp³-hybridized carbons (Fsp3) is 0.529. The second-order valence-electron chi connectivity index (χ2n) is 5.67. The molecule has 0 aromatic heterocycles. The molecule has 0 radical (unpaired) electrons. The predicted molar refractivity (Wildman–Crippen MR) is 85.2 cm³/mol. The van der Waals surface area contributed by atoms with E-state index < -0.39 is 0 Å². The quantitative estimate of drug-likeness (QED) is 0.793. The van der Waals surface area contributed by atoms with E-state index in [9.17, 15) is 0 Å². The maximum atomic E-state index is 5.16. The minimum atomic E-state index is 0.731. The molecule has 1 heterocycles. The monoisotopic (exact) mass is 274 g/mol. The average Bonchev–Trinajstić information content (AvgIpc) is 2.85. The molecular formula is C17H26N2O. The lowest BCUT2D eigenvalue weighted by atomic mass is 10.2. The van der Waals surface area contributed by atoms with Crippen LogP contribution in [0.15, 0.2) is 30.3 Å². The number of benzene rings is 1. The Hall–Kier alpha value is -1.32. The Balaban J connectivity index is 1.76. The van der Waals surface area contributed by atoms with Crippen LogP contribution in [0.1, 0.15) is 18.4 Å². The normalized spacial score (nSPS) is 20.1. The van der Waals surface area contributed by atoms with Crippen molar-refractivity contribution < 1.29 is 4.74 Å². The highest BCUT2D eigenvalue weighted by Gasteiger charge is 2.21. The maximum absolute atomic E-state index is 5.16. The Kier molecular flexibility index (Phi) is 5.62. The second-order valence-corrected chi connectivity index (χ2v) is 5.67. The number of likely N-dealkylation sites (N-methyl/N-ethyl adjacent to an activating group) is 2. The van der Waals surface area contributed by atoms with E-state index in [1.54, 1.807) is 7.11 Å². The first-order valence-electron chi connectivity index (χ1n) is 7.38. The van der Waals surface area contributed by atoms with Crippen LogP contribution in [0, 0.1) is 0 Å². The minimum Gasteiger partial charge on any atom is -0.497 e. The van der Waals surface area contributed by atoms with Crippen LogP contribution in [0.2, 0.25) is 0 Å².